The van der Waals surface area contributed by atoms with Crippen LogP contribution in [0, 0.1) is 5.92 Å². The highest BCUT2D eigenvalue weighted by Gasteiger charge is 2.25. The monoisotopic (exact) mass is 211 g/mol. The minimum Gasteiger partial charge on any atom is -0.377 e. The first-order chi connectivity index (χ1) is 7.40. The quantitative estimate of drug-likeness (QED) is 0.755. The normalized spacial score (nSPS) is 26.2. The van der Waals surface area contributed by atoms with Crippen molar-refractivity contribution in [3.63, 3.8) is 0 Å². The molecule has 0 aliphatic heterocycles. The fourth-order valence-electron chi connectivity index (χ4n) is 3.11. The first-order valence-electron chi connectivity index (χ1n) is 6.69. The second kappa shape index (κ2) is 5.86. The molecule has 0 amide bonds. The molecule has 0 spiro atoms. The minimum atomic E-state index is 0.572. The van der Waals surface area contributed by atoms with E-state index in [1.165, 1.54) is 51.4 Å². The first-order valence-corrected chi connectivity index (χ1v) is 6.69. The summed E-state index contributed by atoms with van der Waals surface area (Å²) in [6.45, 7) is 0.936. The maximum absolute atomic E-state index is 6.01. The number of ether oxygens (including phenoxy) is 1. The molecule has 0 saturated heterocycles. The van der Waals surface area contributed by atoms with Crippen molar-refractivity contribution in [2.45, 2.75) is 63.5 Å². The van der Waals surface area contributed by atoms with E-state index in [1.54, 1.807) is 0 Å². The van der Waals surface area contributed by atoms with Crippen LogP contribution in [0.2, 0.25) is 0 Å². The molecule has 2 rings (SSSR count). The summed E-state index contributed by atoms with van der Waals surface area (Å²) in [5.74, 6) is 0.872. The van der Waals surface area contributed by atoms with Gasteiger partial charge < -0.3 is 10.1 Å². The van der Waals surface area contributed by atoms with Crippen LogP contribution < -0.4 is 5.32 Å². The van der Waals surface area contributed by atoms with Crippen LogP contribution in [0.15, 0.2) is 0 Å². The van der Waals surface area contributed by atoms with Gasteiger partial charge in [-0.25, -0.2) is 0 Å². The van der Waals surface area contributed by atoms with Gasteiger partial charge in [0.15, 0.2) is 0 Å². The van der Waals surface area contributed by atoms with Crippen molar-refractivity contribution < 1.29 is 4.74 Å². The molecule has 2 aliphatic rings. The van der Waals surface area contributed by atoms with Gasteiger partial charge in [0.05, 0.1) is 12.7 Å². The lowest BCUT2D eigenvalue weighted by atomic mass is 9.99. The van der Waals surface area contributed by atoms with Crippen LogP contribution in [0.4, 0.5) is 0 Å². The molecule has 1 N–H and O–H groups in total. The topological polar surface area (TPSA) is 21.3 Å². The number of rotatable bonds is 5. The second-order valence-corrected chi connectivity index (χ2v) is 5.18. The third-order valence-electron chi connectivity index (χ3n) is 4.15. The van der Waals surface area contributed by atoms with Gasteiger partial charge in [0.25, 0.3) is 0 Å². The predicted octanol–water partition coefficient (Wildman–Crippen LogP) is 2.72. The van der Waals surface area contributed by atoms with Gasteiger partial charge in [-0.15, -0.1) is 0 Å². The summed E-state index contributed by atoms with van der Waals surface area (Å²) in [6.07, 6.45) is 11.6. The Morgan fingerprint density at radius 3 is 2.27 bits per heavy atom. The average molecular weight is 211 g/mol. The Hall–Kier alpha value is -0.0800. The Kier molecular flexibility index (Phi) is 4.45. The van der Waals surface area contributed by atoms with Crippen LogP contribution in [0.3, 0.4) is 0 Å². The van der Waals surface area contributed by atoms with Crippen molar-refractivity contribution in [2.75, 3.05) is 13.7 Å². The van der Waals surface area contributed by atoms with Gasteiger partial charge in [-0.2, -0.15) is 0 Å². The summed E-state index contributed by atoms with van der Waals surface area (Å²) in [5, 5.41) is 3.44. The Bertz CT molecular complexity index is 171. The van der Waals surface area contributed by atoms with Crippen molar-refractivity contribution >= 4 is 0 Å². The van der Waals surface area contributed by atoms with Gasteiger partial charge in [0.1, 0.15) is 0 Å². The van der Waals surface area contributed by atoms with Crippen LogP contribution in [0.1, 0.15) is 51.4 Å². The van der Waals surface area contributed by atoms with Crippen molar-refractivity contribution in [3.05, 3.63) is 0 Å². The molecule has 2 aliphatic carbocycles. The van der Waals surface area contributed by atoms with Gasteiger partial charge in [0.2, 0.25) is 0 Å². The lowest BCUT2D eigenvalue weighted by molar-refractivity contribution is 0.0335. The SMILES string of the molecule is CNC(COC1CCCC1)C1CCCC1. The van der Waals surface area contributed by atoms with Gasteiger partial charge in [-0.05, 0) is 38.6 Å². The van der Waals surface area contributed by atoms with Crippen LogP contribution in [-0.4, -0.2) is 25.8 Å². The summed E-state index contributed by atoms with van der Waals surface area (Å²) in [4.78, 5) is 0. The molecule has 15 heavy (non-hydrogen) atoms. The van der Waals surface area contributed by atoms with E-state index in [0.29, 0.717) is 12.1 Å². The fourth-order valence-corrected chi connectivity index (χ4v) is 3.11. The van der Waals surface area contributed by atoms with E-state index in [9.17, 15) is 0 Å². The van der Waals surface area contributed by atoms with Crippen LogP contribution >= 0.6 is 0 Å². The first kappa shape index (κ1) is 11.4. The van der Waals surface area contributed by atoms with Crippen molar-refractivity contribution in [2.24, 2.45) is 5.92 Å². The number of hydrogen-bond donors (Lipinski definition) is 1. The summed E-state index contributed by atoms with van der Waals surface area (Å²) in [5.41, 5.74) is 0. The smallest absolute Gasteiger partial charge is 0.0625 e. The fraction of sp³-hybridized carbons (Fsp3) is 1.00. The Morgan fingerprint density at radius 2 is 1.67 bits per heavy atom. The zero-order chi connectivity index (χ0) is 10.5. The summed E-state index contributed by atoms with van der Waals surface area (Å²) in [6, 6.07) is 0.605. The molecule has 1 unspecified atom stereocenters. The predicted molar refractivity (Wildman–Crippen MR) is 63.0 cm³/mol. The summed E-state index contributed by atoms with van der Waals surface area (Å²) in [7, 11) is 2.08. The van der Waals surface area contributed by atoms with E-state index in [0.717, 1.165) is 12.5 Å². The van der Waals surface area contributed by atoms with Gasteiger partial charge in [0, 0.05) is 6.04 Å². The van der Waals surface area contributed by atoms with Gasteiger partial charge in [-0.1, -0.05) is 25.7 Å². The van der Waals surface area contributed by atoms with Crippen LogP contribution in [0.5, 0.6) is 0 Å². The number of likely N-dealkylation sites (N-methyl/N-ethyl adjacent to an activating group) is 1. The standard InChI is InChI=1S/C13H25NO/c1-14-13(11-6-2-3-7-11)10-15-12-8-4-5-9-12/h11-14H,2-10H2,1H3. The van der Waals surface area contributed by atoms with E-state index in [4.69, 9.17) is 4.74 Å². The highest BCUT2D eigenvalue weighted by molar-refractivity contribution is 4.80. The Balaban J connectivity index is 1.69. The van der Waals surface area contributed by atoms with Crippen molar-refractivity contribution in [3.8, 4) is 0 Å². The average Bonchev–Trinajstić information content (AvgIpc) is 2.90. The molecular formula is C13H25NO. The molecule has 0 aromatic heterocycles. The summed E-state index contributed by atoms with van der Waals surface area (Å²) >= 11 is 0. The molecule has 2 heteroatoms. The van der Waals surface area contributed by atoms with Crippen LogP contribution in [-0.2, 0) is 4.74 Å². The molecule has 2 fully saturated rings. The minimum absolute atomic E-state index is 0.572. The van der Waals surface area contributed by atoms with E-state index in [1.807, 2.05) is 0 Å². The zero-order valence-electron chi connectivity index (χ0n) is 10.0. The Morgan fingerprint density at radius 1 is 1.07 bits per heavy atom. The molecule has 0 aromatic carbocycles. The second-order valence-electron chi connectivity index (χ2n) is 5.18. The maximum Gasteiger partial charge on any atom is 0.0625 e. The molecule has 0 heterocycles. The highest BCUT2D eigenvalue weighted by atomic mass is 16.5. The zero-order valence-corrected chi connectivity index (χ0v) is 10.0. The summed E-state index contributed by atoms with van der Waals surface area (Å²) < 4.78 is 6.01. The van der Waals surface area contributed by atoms with E-state index < -0.39 is 0 Å². The van der Waals surface area contributed by atoms with Crippen molar-refractivity contribution in [1.82, 2.24) is 5.32 Å². The molecule has 0 aromatic rings. The molecule has 88 valence electrons. The van der Waals surface area contributed by atoms with Gasteiger partial charge >= 0.3 is 0 Å². The molecule has 0 radical (unpaired) electrons. The largest absolute Gasteiger partial charge is 0.377 e. The van der Waals surface area contributed by atoms with E-state index >= 15 is 0 Å². The van der Waals surface area contributed by atoms with E-state index in [-0.39, 0.29) is 0 Å². The number of hydrogen-bond acceptors (Lipinski definition) is 2. The van der Waals surface area contributed by atoms with Crippen LogP contribution in [0.25, 0.3) is 0 Å². The molecular weight excluding hydrogens is 186 g/mol. The van der Waals surface area contributed by atoms with Crippen molar-refractivity contribution in [1.29, 1.82) is 0 Å². The molecule has 0 bridgehead atoms. The Labute approximate surface area is 93.8 Å². The molecule has 2 saturated carbocycles. The van der Waals surface area contributed by atoms with Gasteiger partial charge in [-0.3, -0.25) is 0 Å². The molecule has 2 nitrogen and oxygen atoms in total. The lowest BCUT2D eigenvalue weighted by Crippen LogP contribution is -2.37. The number of nitrogens with one attached hydrogen (secondary N) is 1. The molecule has 1 atom stereocenters. The van der Waals surface area contributed by atoms with E-state index in [2.05, 4.69) is 12.4 Å². The lowest BCUT2D eigenvalue weighted by Gasteiger charge is -2.24. The third-order valence-corrected chi connectivity index (χ3v) is 4.15. The highest BCUT2D eigenvalue weighted by Crippen LogP contribution is 2.28. The maximum atomic E-state index is 6.01. The third kappa shape index (κ3) is 3.18.